The maximum atomic E-state index is 5.10. The Hall–Kier alpha value is -2.92. The molecule has 0 saturated carbocycles. The Kier molecular flexibility index (Phi) is 5.81. The van der Waals surface area contributed by atoms with Crippen LogP contribution in [0.15, 0.2) is 54.6 Å². The van der Waals surface area contributed by atoms with E-state index in [0.29, 0.717) is 19.1 Å². The van der Waals surface area contributed by atoms with Gasteiger partial charge in [-0.05, 0) is 25.5 Å². The summed E-state index contributed by atoms with van der Waals surface area (Å²) in [6, 6.07) is 18.4. The van der Waals surface area contributed by atoms with Crippen molar-refractivity contribution in [2.75, 3.05) is 30.9 Å². The first-order chi connectivity index (χ1) is 12.7. The van der Waals surface area contributed by atoms with Crippen LogP contribution < -0.4 is 10.6 Å². The lowest BCUT2D eigenvalue weighted by atomic mass is 10.1. The Morgan fingerprint density at radius 2 is 1.77 bits per heavy atom. The Bertz CT molecular complexity index is 865. The van der Waals surface area contributed by atoms with Crippen LogP contribution in [-0.4, -0.2) is 30.2 Å². The lowest BCUT2D eigenvalue weighted by Crippen LogP contribution is -2.11. The summed E-state index contributed by atoms with van der Waals surface area (Å²) >= 11 is 0. The molecule has 0 bridgehead atoms. The molecule has 1 heterocycles. The zero-order chi connectivity index (χ0) is 18.4. The molecule has 0 radical (unpaired) electrons. The molecule has 0 fully saturated rings. The summed E-state index contributed by atoms with van der Waals surface area (Å²) in [5.41, 5.74) is 5.37. The highest BCUT2D eigenvalue weighted by molar-refractivity contribution is 5.68. The number of aromatic nitrogens is 2. The Labute approximate surface area is 154 Å². The van der Waals surface area contributed by atoms with Crippen molar-refractivity contribution in [1.29, 1.82) is 0 Å². The minimum Gasteiger partial charge on any atom is -0.383 e. The molecule has 3 rings (SSSR count). The van der Waals surface area contributed by atoms with Crippen LogP contribution in [0.1, 0.15) is 11.1 Å². The number of nitrogens with one attached hydrogen (secondary N) is 2. The van der Waals surface area contributed by atoms with Crippen LogP contribution in [0.5, 0.6) is 0 Å². The second-order valence-electron chi connectivity index (χ2n) is 6.19. The van der Waals surface area contributed by atoms with Gasteiger partial charge in [-0.15, -0.1) is 0 Å². The average molecular weight is 348 g/mol. The molecule has 0 spiro atoms. The first kappa shape index (κ1) is 17.9. The lowest BCUT2D eigenvalue weighted by Gasteiger charge is -2.13. The zero-order valence-electron chi connectivity index (χ0n) is 15.4. The topological polar surface area (TPSA) is 59.1 Å². The van der Waals surface area contributed by atoms with E-state index in [1.165, 1.54) is 11.1 Å². The molecule has 1 aromatic heterocycles. The summed E-state index contributed by atoms with van der Waals surface area (Å²) in [6.07, 6.45) is 0. The first-order valence-electron chi connectivity index (χ1n) is 8.67. The van der Waals surface area contributed by atoms with Crippen LogP contribution >= 0.6 is 0 Å². The third kappa shape index (κ3) is 4.58. The summed E-state index contributed by atoms with van der Waals surface area (Å²) in [6.45, 7) is 5.43. The molecule has 0 atom stereocenters. The van der Waals surface area contributed by atoms with Gasteiger partial charge >= 0.3 is 0 Å². The number of aryl methyl sites for hydroxylation is 2. The van der Waals surface area contributed by atoms with Gasteiger partial charge in [-0.1, -0.05) is 48.0 Å². The van der Waals surface area contributed by atoms with Gasteiger partial charge in [0.15, 0.2) is 0 Å². The number of nitrogens with zero attached hydrogens (tertiary/aromatic N) is 2. The van der Waals surface area contributed by atoms with Crippen LogP contribution in [0.3, 0.4) is 0 Å². The molecule has 0 unspecified atom stereocenters. The third-order valence-corrected chi connectivity index (χ3v) is 4.03. The van der Waals surface area contributed by atoms with Crippen molar-refractivity contribution in [3.05, 3.63) is 65.7 Å². The molecular formula is C21H24N4O. The van der Waals surface area contributed by atoms with E-state index in [1.807, 2.05) is 36.4 Å². The largest absolute Gasteiger partial charge is 0.383 e. The van der Waals surface area contributed by atoms with Crippen LogP contribution in [0.2, 0.25) is 0 Å². The monoisotopic (exact) mass is 348 g/mol. The molecule has 3 aromatic rings. The smallest absolute Gasteiger partial charge is 0.225 e. The van der Waals surface area contributed by atoms with Crippen molar-refractivity contribution in [3.8, 4) is 11.3 Å². The first-order valence-corrected chi connectivity index (χ1v) is 8.67. The normalized spacial score (nSPS) is 10.6. The van der Waals surface area contributed by atoms with Crippen LogP contribution in [0.4, 0.5) is 17.5 Å². The maximum absolute atomic E-state index is 5.10. The van der Waals surface area contributed by atoms with Gasteiger partial charge < -0.3 is 15.4 Å². The van der Waals surface area contributed by atoms with Gasteiger partial charge in [0.05, 0.1) is 12.3 Å². The Balaban J connectivity index is 1.93. The molecule has 5 heteroatoms. The van der Waals surface area contributed by atoms with Crippen molar-refractivity contribution in [1.82, 2.24) is 9.97 Å². The Morgan fingerprint density at radius 3 is 2.50 bits per heavy atom. The highest BCUT2D eigenvalue weighted by Crippen LogP contribution is 2.25. The number of benzene rings is 2. The highest BCUT2D eigenvalue weighted by Gasteiger charge is 2.08. The predicted octanol–water partition coefficient (Wildman–Crippen LogP) is 4.56. The van der Waals surface area contributed by atoms with E-state index in [9.17, 15) is 0 Å². The number of ether oxygens (including phenoxy) is 1. The fourth-order valence-corrected chi connectivity index (χ4v) is 2.70. The molecule has 0 amide bonds. The molecule has 5 nitrogen and oxygen atoms in total. The minimum absolute atomic E-state index is 0.579. The van der Waals surface area contributed by atoms with E-state index in [-0.39, 0.29) is 0 Å². The quantitative estimate of drug-likeness (QED) is 0.613. The summed E-state index contributed by atoms with van der Waals surface area (Å²) in [5, 5.41) is 6.64. The summed E-state index contributed by atoms with van der Waals surface area (Å²) < 4.78 is 5.10. The second-order valence-corrected chi connectivity index (χ2v) is 6.19. The SMILES string of the molecule is COCCNc1nc(Nc2ccc(C)cc2C)cc(-c2ccccc2)n1. The number of anilines is 3. The van der Waals surface area contributed by atoms with Gasteiger partial charge in [-0.3, -0.25) is 0 Å². The van der Waals surface area contributed by atoms with Crippen molar-refractivity contribution in [2.45, 2.75) is 13.8 Å². The van der Waals surface area contributed by atoms with Crippen LogP contribution in [0, 0.1) is 13.8 Å². The molecule has 26 heavy (non-hydrogen) atoms. The van der Waals surface area contributed by atoms with E-state index in [1.54, 1.807) is 7.11 Å². The second kappa shape index (κ2) is 8.45. The van der Waals surface area contributed by atoms with Gasteiger partial charge in [-0.25, -0.2) is 4.98 Å². The molecular weight excluding hydrogens is 324 g/mol. The van der Waals surface area contributed by atoms with Crippen LogP contribution in [-0.2, 0) is 4.74 Å². The van der Waals surface area contributed by atoms with Crippen molar-refractivity contribution in [3.63, 3.8) is 0 Å². The molecule has 0 aliphatic rings. The predicted molar refractivity (Wildman–Crippen MR) is 107 cm³/mol. The van der Waals surface area contributed by atoms with Gasteiger partial charge in [-0.2, -0.15) is 4.98 Å². The fourth-order valence-electron chi connectivity index (χ4n) is 2.70. The van der Waals surface area contributed by atoms with Gasteiger partial charge in [0.2, 0.25) is 5.95 Å². The highest BCUT2D eigenvalue weighted by atomic mass is 16.5. The number of hydrogen-bond acceptors (Lipinski definition) is 5. The standard InChI is InChI=1S/C21H24N4O/c1-15-9-10-18(16(2)13-15)23-20-14-19(17-7-5-4-6-8-17)24-21(25-20)22-11-12-26-3/h4-10,13-14H,11-12H2,1-3H3,(H2,22,23,24,25). The van der Waals surface area contributed by atoms with E-state index in [0.717, 1.165) is 22.8 Å². The average Bonchev–Trinajstić information content (AvgIpc) is 2.65. The number of methoxy groups -OCH3 is 1. The van der Waals surface area contributed by atoms with Gasteiger partial charge in [0.25, 0.3) is 0 Å². The number of hydrogen-bond donors (Lipinski definition) is 2. The van der Waals surface area contributed by atoms with Crippen molar-refractivity contribution >= 4 is 17.5 Å². The molecule has 0 saturated heterocycles. The summed E-state index contributed by atoms with van der Waals surface area (Å²) in [5.74, 6) is 1.33. The molecule has 0 aliphatic heterocycles. The fraction of sp³-hybridized carbons (Fsp3) is 0.238. The van der Waals surface area contributed by atoms with Crippen LogP contribution in [0.25, 0.3) is 11.3 Å². The van der Waals surface area contributed by atoms with Gasteiger partial charge in [0.1, 0.15) is 5.82 Å². The Morgan fingerprint density at radius 1 is 0.962 bits per heavy atom. The molecule has 2 N–H and O–H groups in total. The van der Waals surface area contributed by atoms with Gasteiger partial charge in [0, 0.05) is 31.0 Å². The van der Waals surface area contributed by atoms with Crippen molar-refractivity contribution in [2.24, 2.45) is 0 Å². The van der Waals surface area contributed by atoms with E-state index in [2.05, 4.69) is 52.6 Å². The summed E-state index contributed by atoms with van der Waals surface area (Å²) in [4.78, 5) is 9.24. The zero-order valence-corrected chi connectivity index (χ0v) is 15.4. The molecule has 134 valence electrons. The molecule has 0 aliphatic carbocycles. The molecule has 2 aromatic carbocycles. The summed E-state index contributed by atoms with van der Waals surface area (Å²) in [7, 11) is 1.68. The van der Waals surface area contributed by atoms with E-state index >= 15 is 0 Å². The minimum atomic E-state index is 0.579. The lowest BCUT2D eigenvalue weighted by molar-refractivity contribution is 0.210. The maximum Gasteiger partial charge on any atom is 0.225 e. The third-order valence-electron chi connectivity index (χ3n) is 4.03. The van der Waals surface area contributed by atoms with E-state index in [4.69, 9.17) is 4.74 Å². The number of rotatable bonds is 7. The van der Waals surface area contributed by atoms with Crippen molar-refractivity contribution < 1.29 is 4.74 Å². The van der Waals surface area contributed by atoms with E-state index < -0.39 is 0 Å².